The Morgan fingerprint density at radius 1 is 1.18 bits per heavy atom. The van der Waals surface area contributed by atoms with Crippen molar-refractivity contribution in [3.63, 3.8) is 0 Å². The van der Waals surface area contributed by atoms with Crippen molar-refractivity contribution in [1.29, 1.82) is 0 Å². The molecule has 0 aromatic heterocycles. The van der Waals surface area contributed by atoms with E-state index in [2.05, 4.69) is 17.0 Å². The van der Waals surface area contributed by atoms with E-state index in [0.717, 1.165) is 12.2 Å². The van der Waals surface area contributed by atoms with Crippen LogP contribution in [0.1, 0.15) is 24.0 Å². The number of aliphatic hydroxyl groups excluding tert-OH is 1. The maximum Gasteiger partial charge on any atom is 0.119 e. The minimum Gasteiger partial charge on any atom is -0.491 e. The van der Waals surface area contributed by atoms with Crippen molar-refractivity contribution in [2.75, 3.05) is 13.2 Å². The average Bonchev–Trinajstić information content (AvgIpc) is 2.36. The molecule has 0 saturated heterocycles. The highest BCUT2D eigenvalue weighted by molar-refractivity contribution is 5.37. The van der Waals surface area contributed by atoms with Crippen LogP contribution in [0.15, 0.2) is 18.2 Å². The quantitative estimate of drug-likeness (QED) is 0.755. The molecule has 4 heteroatoms. The molecule has 1 aromatic rings. The maximum atomic E-state index is 9.42. The molecule has 0 amide bonds. The molecule has 1 unspecified atom stereocenters. The van der Waals surface area contributed by atoms with Gasteiger partial charge in [0.15, 0.2) is 0 Å². The van der Waals surface area contributed by atoms with E-state index in [9.17, 15) is 5.11 Å². The van der Waals surface area contributed by atoms with E-state index in [1.54, 1.807) is 0 Å². The Morgan fingerprint density at radius 2 is 1.94 bits per heavy atom. The van der Waals surface area contributed by atoms with Gasteiger partial charge < -0.3 is 14.7 Å². The minimum atomic E-state index is -0.684. The molecule has 17 heavy (non-hydrogen) atoms. The summed E-state index contributed by atoms with van der Waals surface area (Å²) < 4.78 is 5.50. The lowest BCUT2D eigenvalue weighted by atomic mass is 9.92. The first-order valence-electron chi connectivity index (χ1n) is 6.04. The maximum absolute atomic E-state index is 9.42. The Bertz CT molecular complexity index is 368. The number of rotatable bonds is 5. The first-order chi connectivity index (χ1) is 8.29. The topological polar surface area (TPSA) is 64.7 Å². The summed E-state index contributed by atoms with van der Waals surface area (Å²) in [4.78, 5) is 4.35. The Kier molecular flexibility index (Phi) is 4.36. The van der Waals surface area contributed by atoms with Gasteiger partial charge in [0.05, 0.1) is 6.61 Å². The van der Waals surface area contributed by atoms with E-state index >= 15 is 0 Å². The molecular formula is C13H19NO3. The van der Waals surface area contributed by atoms with Crippen LogP contribution in [0.25, 0.3) is 0 Å². The Hall–Kier alpha value is -1.10. The van der Waals surface area contributed by atoms with Gasteiger partial charge in [-0.05, 0) is 48.9 Å². The van der Waals surface area contributed by atoms with Gasteiger partial charge in [-0.2, -0.15) is 0 Å². The molecule has 0 saturated carbocycles. The molecule has 0 fully saturated rings. The minimum absolute atomic E-state index is 0.0882. The molecule has 1 aliphatic carbocycles. The number of ether oxygens (including phenoxy) is 1. The largest absolute Gasteiger partial charge is 0.491 e. The van der Waals surface area contributed by atoms with Crippen LogP contribution < -0.4 is 10.6 Å². The third kappa shape index (κ3) is 3.43. The van der Waals surface area contributed by atoms with Gasteiger partial charge in [0.25, 0.3) is 0 Å². The molecule has 1 aromatic carbocycles. The number of aliphatic hydroxyl groups is 1. The molecule has 4 nitrogen and oxygen atoms in total. The Morgan fingerprint density at radius 3 is 2.71 bits per heavy atom. The summed E-state index contributed by atoms with van der Waals surface area (Å²) in [6, 6.07) is 6.15. The lowest BCUT2D eigenvalue weighted by Gasteiger charge is -2.17. The molecule has 0 radical (unpaired) electrons. The van der Waals surface area contributed by atoms with Crippen molar-refractivity contribution in [2.24, 2.45) is 5.90 Å². The smallest absolute Gasteiger partial charge is 0.119 e. The van der Waals surface area contributed by atoms with E-state index in [1.807, 2.05) is 6.07 Å². The number of benzene rings is 1. The van der Waals surface area contributed by atoms with Crippen molar-refractivity contribution < 1.29 is 14.7 Å². The van der Waals surface area contributed by atoms with Gasteiger partial charge >= 0.3 is 0 Å². The zero-order chi connectivity index (χ0) is 12.1. The zero-order valence-electron chi connectivity index (χ0n) is 9.89. The van der Waals surface area contributed by atoms with Crippen LogP contribution >= 0.6 is 0 Å². The fraction of sp³-hybridized carbons (Fsp3) is 0.538. The summed E-state index contributed by atoms with van der Waals surface area (Å²) >= 11 is 0. The van der Waals surface area contributed by atoms with Crippen LogP contribution in [0.5, 0.6) is 5.75 Å². The van der Waals surface area contributed by atoms with Gasteiger partial charge in [-0.3, -0.25) is 0 Å². The molecule has 3 N–H and O–H groups in total. The van der Waals surface area contributed by atoms with Gasteiger partial charge in [-0.1, -0.05) is 6.07 Å². The first kappa shape index (κ1) is 12.4. The number of nitrogens with two attached hydrogens (primary N) is 1. The van der Waals surface area contributed by atoms with Crippen LogP contribution in [-0.2, 0) is 17.7 Å². The second-order valence-corrected chi connectivity index (χ2v) is 4.44. The van der Waals surface area contributed by atoms with Gasteiger partial charge in [-0.25, -0.2) is 5.90 Å². The van der Waals surface area contributed by atoms with Gasteiger partial charge in [-0.15, -0.1) is 0 Å². The third-order valence-corrected chi connectivity index (χ3v) is 3.05. The van der Waals surface area contributed by atoms with Gasteiger partial charge in [0, 0.05) is 0 Å². The fourth-order valence-electron chi connectivity index (χ4n) is 2.15. The van der Waals surface area contributed by atoms with E-state index in [4.69, 9.17) is 10.6 Å². The molecule has 0 bridgehead atoms. The molecule has 0 aliphatic heterocycles. The van der Waals surface area contributed by atoms with Gasteiger partial charge in [0.1, 0.15) is 18.5 Å². The number of aryl methyl sites for hydroxylation is 2. The summed E-state index contributed by atoms with van der Waals surface area (Å²) in [6.07, 6.45) is 4.14. The predicted molar refractivity (Wildman–Crippen MR) is 64.7 cm³/mol. The molecule has 2 rings (SSSR count). The van der Waals surface area contributed by atoms with Crippen LogP contribution in [-0.4, -0.2) is 24.4 Å². The molecule has 0 heterocycles. The van der Waals surface area contributed by atoms with Crippen LogP contribution in [0.4, 0.5) is 0 Å². The molecule has 1 atom stereocenters. The molecular weight excluding hydrogens is 218 g/mol. The van der Waals surface area contributed by atoms with E-state index < -0.39 is 6.10 Å². The summed E-state index contributed by atoms with van der Waals surface area (Å²) in [5.41, 5.74) is 2.80. The van der Waals surface area contributed by atoms with E-state index in [1.165, 1.54) is 30.4 Å². The number of fused-ring (bicyclic) bond motifs is 1. The fourth-order valence-corrected chi connectivity index (χ4v) is 2.15. The number of hydrogen-bond acceptors (Lipinski definition) is 4. The summed E-state index contributed by atoms with van der Waals surface area (Å²) in [7, 11) is 0. The Balaban J connectivity index is 1.93. The zero-order valence-corrected chi connectivity index (χ0v) is 9.89. The number of hydrogen-bond donors (Lipinski definition) is 2. The second kappa shape index (κ2) is 6.00. The predicted octanol–water partition coefficient (Wildman–Crippen LogP) is 1.20. The van der Waals surface area contributed by atoms with E-state index in [-0.39, 0.29) is 13.2 Å². The second-order valence-electron chi connectivity index (χ2n) is 4.44. The highest BCUT2D eigenvalue weighted by atomic mass is 16.6. The lowest BCUT2D eigenvalue weighted by molar-refractivity contribution is 0.0116. The van der Waals surface area contributed by atoms with Crippen molar-refractivity contribution in [1.82, 2.24) is 0 Å². The SMILES string of the molecule is NOCC(O)COc1ccc2c(c1)CCCC2. The summed E-state index contributed by atoms with van der Waals surface area (Å²) in [5, 5.41) is 9.42. The molecule has 1 aliphatic rings. The van der Waals surface area contributed by atoms with Crippen LogP contribution in [0.2, 0.25) is 0 Å². The summed E-state index contributed by atoms with van der Waals surface area (Å²) in [6.45, 7) is 0.293. The van der Waals surface area contributed by atoms with Crippen molar-refractivity contribution in [3.05, 3.63) is 29.3 Å². The third-order valence-electron chi connectivity index (χ3n) is 3.05. The van der Waals surface area contributed by atoms with Crippen LogP contribution in [0, 0.1) is 0 Å². The van der Waals surface area contributed by atoms with E-state index in [0.29, 0.717) is 0 Å². The standard InChI is InChI=1S/C13H19NO3/c14-17-9-12(15)8-16-13-6-5-10-3-1-2-4-11(10)7-13/h5-7,12,15H,1-4,8-9,14H2. The molecule has 0 spiro atoms. The highest BCUT2D eigenvalue weighted by Crippen LogP contribution is 2.25. The van der Waals surface area contributed by atoms with Gasteiger partial charge in [0.2, 0.25) is 0 Å². The Labute approximate surface area is 101 Å². The molecule has 94 valence electrons. The summed E-state index contributed by atoms with van der Waals surface area (Å²) in [5.74, 6) is 5.68. The lowest BCUT2D eigenvalue weighted by Crippen LogP contribution is -2.25. The monoisotopic (exact) mass is 237 g/mol. The normalized spacial score (nSPS) is 16.4. The first-order valence-corrected chi connectivity index (χ1v) is 6.04. The highest BCUT2D eigenvalue weighted by Gasteiger charge is 2.10. The average molecular weight is 237 g/mol. The van der Waals surface area contributed by atoms with Crippen LogP contribution in [0.3, 0.4) is 0 Å². The van der Waals surface area contributed by atoms with Crippen molar-refractivity contribution in [2.45, 2.75) is 31.8 Å². The van der Waals surface area contributed by atoms with Crippen molar-refractivity contribution >= 4 is 0 Å². The van der Waals surface area contributed by atoms with Crippen molar-refractivity contribution in [3.8, 4) is 5.75 Å².